The first-order chi connectivity index (χ1) is 13.4. The molecule has 142 valence electrons. The molecule has 0 radical (unpaired) electrons. The van der Waals surface area contributed by atoms with Crippen molar-refractivity contribution in [3.05, 3.63) is 75.4 Å². The number of nitrogens with one attached hydrogen (secondary N) is 2. The van der Waals surface area contributed by atoms with Crippen molar-refractivity contribution in [2.75, 3.05) is 4.72 Å². The summed E-state index contributed by atoms with van der Waals surface area (Å²) in [5.41, 5.74) is 0.606. The minimum atomic E-state index is -3.95. The van der Waals surface area contributed by atoms with Gasteiger partial charge in [-0.1, -0.05) is 35.3 Å². The molecule has 4 rings (SSSR count). The number of aromatic nitrogens is 4. The molecule has 0 spiro atoms. The van der Waals surface area contributed by atoms with Gasteiger partial charge in [0.25, 0.3) is 15.6 Å². The van der Waals surface area contributed by atoms with Gasteiger partial charge in [0.15, 0.2) is 5.65 Å². The van der Waals surface area contributed by atoms with E-state index in [1.165, 1.54) is 35.4 Å². The highest BCUT2D eigenvalue weighted by atomic mass is 35.5. The Balaban J connectivity index is 1.81. The molecule has 0 atom stereocenters. The van der Waals surface area contributed by atoms with Crippen molar-refractivity contribution in [2.24, 2.45) is 0 Å². The van der Waals surface area contributed by atoms with Crippen LogP contribution in [0.1, 0.15) is 0 Å². The summed E-state index contributed by atoms with van der Waals surface area (Å²) in [5, 5.41) is 4.83. The molecule has 2 heterocycles. The molecule has 0 amide bonds. The van der Waals surface area contributed by atoms with E-state index in [4.69, 9.17) is 23.2 Å². The van der Waals surface area contributed by atoms with E-state index in [-0.39, 0.29) is 31.6 Å². The fourth-order valence-corrected chi connectivity index (χ4v) is 4.09. The van der Waals surface area contributed by atoms with Gasteiger partial charge in [0, 0.05) is 0 Å². The lowest BCUT2D eigenvalue weighted by molar-refractivity contribution is 0.601. The lowest BCUT2D eigenvalue weighted by Crippen LogP contribution is -2.15. The van der Waals surface area contributed by atoms with Crippen LogP contribution >= 0.6 is 23.2 Å². The lowest BCUT2D eigenvalue weighted by Gasteiger charge is -2.13. The van der Waals surface area contributed by atoms with Crippen LogP contribution < -0.4 is 10.3 Å². The smallest absolute Gasteiger partial charge is 0.262 e. The Labute approximate surface area is 168 Å². The second kappa shape index (κ2) is 6.93. The van der Waals surface area contributed by atoms with Gasteiger partial charge in [-0.2, -0.15) is 5.10 Å². The summed E-state index contributed by atoms with van der Waals surface area (Å²) in [6, 6.07) is 10.6. The van der Waals surface area contributed by atoms with Crippen LogP contribution in [0.4, 0.5) is 5.69 Å². The molecule has 2 aromatic carbocycles. The zero-order valence-corrected chi connectivity index (χ0v) is 16.3. The monoisotopic (exact) mass is 435 g/mol. The van der Waals surface area contributed by atoms with E-state index in [1.54, 1.807) is 24.3 Å². The molecule has 8 nitrogen and oxygen atoms in total. The molecule has 0 aliphatic rings. The molecule has 11 heteroatoms. The van der Waals surface area contributed by atoms with Gasteiger partial charge in [0.2, 0.25) is 0 Å². The van der Waals surface area contributed by atoms with E-state index in [2.05, 4.69) is 19.8 Å². The van der Waals surface area contributed by atoms with Crippen LogP contribution in [0.25, 0.3) is 16.7 Å². The van der Waals surface area contributed by atoms with Gasteiger partial charge in [0.05, 0.1) is 38.8 Å². The summed E-state index contributed by atoms with van der Waals surface area (Å²) in [7, 11) is -3.95. The molecular weight excluding hydrogens is 425 g/mol. The summed E-state index contributed by atoms with van der Waals surface area (Å²) >= 11 is 11.8. The van der Waals surface area contributed by atoms with E-state index < -0.39 is 10.0 Å². The van der Waals surface area contributed by atoms with Crippen molar-refractivity contribution >= 4 is 49.9 Å². The number of anilines is 1. The zero-order valence-electron chi connectivity index (χ0n) is 13.9. The number of hydrogen-bond acceptors (Lipinski definition) is 5. The number of sulfonamides is 1. The van der Waals surface area contributed by atoms with Crippen LogP contribution in [0.15, 0.2) is 64.7 Å². The predicted molar refractivity (Wildman–Crippen MR) is 107 cm³/mol. The SMILES string of the molecule is O=c1[nH]cnc2c1cnn2-c1ccccc1NS(=O)(=O)c1ccc(Cl)c(Cl)c1. The molecule has 0 fully saturated rings. The zero-order chi connectivity index (χ0) is 19.9. The number of benzene rings is 2. The minimum absolute atomic E-state index is 0.0448. The maximum Gasteiger partial charge on any atom is 0.262 e. The van der Waals surface area contributed by atoms with Crippen molar-refractivity contribution < 1.29 is 8.42 Å². The third kappa shape index (κ3) is 3.24. The van der Waals surface area contributed by atoms with E-state index in [1.807, 2.05) is 0 Å². The number of rotatable bonds is 4. The average Bonchev–Trinajstić information content (AvgIpc) is 3.09. The second-order valence-electron chi connectivity index (χ2n) is 5.72. The van der Waals surface area contributed by atoms with Crippen LogP contribution in [0.5, 0.6) is 0 Å². The number of H-pyrrole nitrogens is 1. The fourth-order valence-electron chi connectivity index (χ4n) is 2.62. The van der Waals surface area contributed by atoms with Crippen LogP contribution in [-0.4, -0.2) is 28.2 Å². The van der Waals surface area contributed by atoms with E-state index in [9.17, 15) is 13.2 Å². The molecule has 4 aromatic rings. The first kappa shape index (κ1) is 18.5. The Kier molecular flexibility index (Phi) is 4.58. The first-order valence-electron chi connectivity index (χ1n) is 7.85. The molecule has 0 saturated heterocycles. The maximum atomic E-state index is 12.8. The van der Waals surface area contributed by atoms with Gasteiger partial charge < -0.3 is 4.98 Å². The molecule has 0 bridgehead atoms. The summed E-state index contributed by atoms with van der Waals surface area (Å²) in [5.74, 6) is 0. The van der Waals surface area contributed by atoms with Crippen LogP contribution in [0.2, 0.25) is 10.0 Å². The van der Waals surface area contributed by atoms with Gasteiger partial charge in [-0.05, 0) is 30.3 Å². The largest absolute Gasteiger partial charge is 0.312 e. The Hall–Kier alpha value is -2.88. The quantitative estimate of drug-likeness (QED) is 0.511. The molecule has 28 heavy (non-hydrogen) atoms. The number of para-hydroxylation sites is 2. The Morgan fingerprint density at radius 2 is 1.86 bits per heavy atom. The van der Waals surface area contributed by atoms with Crippen molar-refractivity contribution in [1.29, 1.82) is 0 Å². The molecule has 2 N–H and O–H groups in total. The highest BCUT2D eigenvalue weighted by Gasteiger charge is 2.19. The van der Waals surface area contributed by atoms with E-state index in [0.29, 0.717) is 11.3 Å². The van der Waals surface area contributed by atoms with E-state index >= 15 is 0 Å². The fraction of sp³-hybridized carbons (Fsp3) is 0. The lowest BCUT2D eigenvalue weighted by atomic mass is 10.3. The van der Waals surface area contributed by atoms with Crippen LogP contribution in [0.3, 0.4) is 0 Å². The first-order valence-corrected chi connectivity index (χ1v) is 10.1. The summed E-state index contributed by atoms with van der Waals surface area (Å²) < 4.78 is 29.5. The van der Waals surface area contributed by atoms with Crippen LogP contribution in [-0.2, 0) is 10.0 Å². The minimum Gasteiger partial charge on any atom is -0.312 e. The van der Waals surface area contributed by atoms with Crippen molar-refractivity contribution in [2.45, 2.75) is 4.90 Å². The molecule has 0 saturated carbocycles. The number of hydrogen-bond donors (Lipinski definition) is 2. The van der Waals surface area contributed by atoms with Gasteiger partial charge in [-0.25, -0.2) is 18.1 Å². The standard InChI is InChI=1S/C17H11Cl2N5O3S/c18-12-6-5-10(7-13(12)19)28(26,27)23-14-3-1-2-4-15(14)24-16-11(8-22-24)17(25)21-9-20-16/h1-9,23H,(H,20,21,25). The third-order valence-corrected chi connectivity index (χ3v) is 6.05. The molecular formula is C17H11Cl2N5O3S. The molecule has 0 unspecified atom stereocenters. The average molecular weight is 436 g/mol. The Morgan fingerprint density at radius 3 is 2.64 bits per heavy atom. The summed E-state index contributed by atoms with van der Waals surface area (Å²) in [4.78, 5) is 18.5. The van der Waals surface area contributed by atoms with E-state index in [0.717, 1.165) is 0 Å². The number of halogens is 2. The highest BCUT2D eigenvalue weighted by molar-refractivity contribution is 7.92. The molecule has 2 aromatic heterocycles. The van der Waals surface area contributed by atoms with Crippen molar-refractivity contribution in [3.63, 3.8) is 0 Å². The summed E-state index contributed by atoms with van der Waals surface area (Å²) in [6.07, 6.45) is 2.62. The van der Waals surface area contributed by atoms with Gasteiger partial charge in [0.1, 0.15) is 5.39 Å². The van der Waals surface area contributed by atoms with Gasteiger partial charge in [-0.3, -0.25) is 9.52 Å². The van der Waals surface area contributed by atoms with Crippen molar-refractivity contribution in [1.82, 2.24) is 19.7 Å². The van der Waals surface area contributed by atoms with Gasteiger partial charge in [-0.15, -0.1) is 0 Å². The van der Waals surface area contributed by atoms with Gasteiger partial charge >= 0.3 is 0 Å². The Bertz CT molecular complexity index is 1360. The predicted octanol–water partition coefficient (Wildman–Crippen LogP) is 3.22. The molecule has 0 aliphatic heterocycles. The topological polar surface area (TPSA) is 110 Å². The number of nitrogens with zero attached hydrogens (tertiary/aromatic N) is 3. The normalized spacial score (nSPS) is 11.6. The second-order valence-corrected chi connectivity index (χ2v) is 8.22. The molecule has 0 aliphatic carbocycles. The number of fused-ring (bicyclic) bond motifs is 1. The number of aromatic amines is 1. The summed E-state index contributed by atoms with van der Waals surface area (Å²) in [6.45, 7) is 0. The van der Waals surface area contributed by atoms with Crippen molar-refractivity contribution in [3.8, 4) is 5.69 Å². The Morgan fingerprint density at radius 1 is 1.07 bits per heavy atom. The third-order valence-electron chi connectivity index (χ3n) is 3.95. The maximum absolute atomic E-state index is 12.8. The highest BCUT2D eigenvalue weighted by Crippen LogP contribution is 2.28. The van der Waals surface area contributed by atoms with Crippen LogP contribution in [0, 0.1) is 0 Å².